The molecule has 50 heavy (non-hydrogen) atoms. The normalized spacial score (nSPS) is 18.1. The molecular weight excluding hydrogens is 722 g/mol. The number of esters is 1. The van der Waals surface area contributed by atoms with Crippen molar-refractivity contribution < 1.29 is 28.5 Å². The molecule has 11 nitrogen and oxygen atoms in total. The molecule has 3 heterocycles. The minimum atomic E-state index is -0.288. The lowest BCUT2D eigenvalue weighted by Gasteiger charge is -2.34. The molecule has 0 spiro atoms. The van der Waals surface area contributed by atoms with Gasteiger partial charge in [-0.1, -0.05) is 46.3 Å². The summed E-state index contributed by atoms with van der Waals surface area (Å²) < 4.78 is 23.3. The van der Waals surface area contributed by atoms with Crippen LogP contribution in [0.3, 0.4) is 0 Å². The number of rotatable bonds is 13. The Bertz CT molecular complexity index is 1720. The maximum absolute atomic E-state index is 13.4. The van der Waals surface area contributed by atoms with Crippen molar-refractivity contribution in [2.24, 2.45) is 0 Å². The van der Waals surface area contributed by atoms with Crippen LogP contribution in [-0.4, -0.2) is 104 Å². The van der Waals surface area contributed by atoms with E-state index >= 15 is 0 Å². The van der Waals surface area contributed by atoms with Gasteiger partial charge in [-0.15, -0.1) is 11.3 Å². The zero-order chi connectivity index (χ0) is 35.0. The Morgan fingerprint density at radius 2 is 1.60 bits per heavy atom. The maximum Gasteiger partial charge on any atom is 0.338 e. The first-order valence-electron chi connectivity index (χ1n) is 16.6. The molecule has 2 fully saturated rings. The summed E-state index contributed by atoms with van der Waals surface area (Å²) in [6.07, 6.45) is 0.538. The van der Waals surface area contributed by atoms with E-state index in [2.05, 4.69) is 60.7 Å². The number of methoxy groups -OCH3 is 3. The molecule has 2 saturated heterocycles. The Morgan fingerprint density at radius 3 is 2.26 bits per heavy atom. The number of nitrogens with zero attached hydrogens (tertiary/aromatic N) is 4. The molecule has 2 atom stereocenters. The van der Waals surface area contributed by atoms with Crippen LogP contribution in [0, 0.1) is 0 Å². The smallest absolute Gasteiger partial charge is 0.338 e. The molecule has 3 aromatic carbocycles. The summed E-state index contributed by atoms with van der Waals surface area (Å²) in [5.41, 5.74) is 3.27. The molecule has 0 bridgehead atoms. The topological polar surface area (TPSA) is 106 Å². The van der Waals surface area contributed by atoms with Crippen molar-refractivity contribution in [2.45, 2.75) is 31.7 Å². The molecular formula is C37H42BrN5O6S. The van der Waals surface area contributed by atoms with Gasteiger partial charge in [0.25, 0.3) is 5.91 Å². The molecule has 0 radical (unpaired) electrons. The number of thiazole rings is 1. The van der Waals surface area contributed by atoms with Crippen molar-refractivity contribution in [2.75, 3.05) is 65.9 Å². The molecule has 0 saturated carbocycles. The average molecular weight is 765 g/mol. The summed E-state index contributed by atoms with van der Waals surface area (Å²) >= 11 is 5.12. The van der Waals surface area contributed by atoms with E-state index in [4.69, 9.17) is 23.9 Å². The van der Waals surface area contributed by atoms with E-state index in [0.29, 0.717) is 61.1 Å². The Labute approximate surface area is 305 Å². The number of amides is 1. The summed E-state index contributed by atoms with van der Waals surface area (Å²) in [5.74, 6) is 1.02. The molecule has 1 unspecified atom stereocenters. The van der Waals surface area contributed by atoms with Gasteiger partial charge in [0.2, 0.25) is 5.75 Å². The molecule has 1 amide bonds. The number of halogens is 1. The van der Waals surface area contributed by atoms with Crippen molar-refractivity contribution in [3.05, 3.63) is 99.0 Å². The molecule has 1 N–H and O–H groups in total. The van der Waals surface area contributed by atoms with Crippen molar-refractivity contribution in [3.8, 4) is 17.2 Å². The number of hydrogen-bond donors (Lipinski definition) is 1. The summed E-state index contributed by atoms with van der Waals surface area (Å²) in [4.78, 5) is 37.6. The molecule has 2 aliphatic heterocycles. The predicted molar refractivity (Wildman–Crippen MR) is 196 cm³/mol. The fraction of sp³-hybridized carbons (Fsp3) is 0.378. The fourth-order valence-electron chi connectivity index (χ4n) is 6.44. The summed E-state index contributed by atoms with van der Waals surface area (Å²) in [7, 11) is 4.63. The lowest BCUT2D eigenvalue weighted by molar-refractivity contribution is 0.0320. The van der Waals surface area contributed by atoms with Crippen LogP contribution >= 0.6 is 27.3 Å². The van der Waals surface area contributed by atoms with Gasteiger partial charge >= 0.3 is 5.97 Å². The largest absolute Gasteiger partial charge is 0.493 e. The zero-order valence-electron chi connectivity index (χ0n) is 28.5. The SMILES string of the molecule is COc1cc(C(=O)N2CCN(Cc3csc(NC[C@@H]4CC(OC(=O)c5ccccc5)CN4Cc4ccc(Br)cc4)n3)CC2)cc(OC)c1OC. The summed E-state index contributed by atoms with van der Waals surface area (Å²) in [6.45, 7) is 5.52. The van der Waals surface area contributed by atoms with E-state index in [1.807, 2.05) is 23.1 Å². The highest BCUT2D eigenvalue weighted by molar-refractivity contribution is 9.10. The van der Waals surface area contributed by atoms with Crippen LogP contribution in [0.1, 0.15) is 38.4 Å². The van der Waals surface area contributed by atoms with Crippen LogP contribution < -0.4 is 19.5 Å². The number of anilines is 1. The minimum absolute atomic E-state index is 0.0674. The van der Waals surface area contributed by atoms with Crippen molar-refractivity contribution in [1.82, 2.24) is 19.7 Å². The monoisotopic (exact) mass is 763 g/mol. The van der Waals surface area contributed by atoms with E-state index in [-0.39, 0.29) is 24.0 Å². The van der Waals surface area contributed by atoms with Crippen LogP contribution in [0.25, 0.3) is 0 Å². The number of likely N-dealkylation sites (tertiary alicyclic amines) is 1. The van der Waals surface area contributed by atoms with Crippen LogP contribution in [0.5, 0.6) is 17.2 Å². The van der Waals surface area contributed by atoms with Gasteiger partial charge in [-0.05, 0) is 42.0 Å². The molecule has 264 valence electrons. The molecule has 4 aromatic rings. The van der Waals surface area contributed by atoms with Gasteiger partial charge in [-0.25, -0.2) is 9.78 Å². The van der Waals surface area contributed by atoms with Gasteiger partial charge in [0.1, 0.15) is 6.10 Å². The van der Waals surface area contributed by atoms with Crippen LogP contribution in [0.15, 0.2) is 76.6 Å². The summed E-state index contributed by atoms with van der Waals surface area (Å²) in [5, 5.41) is 6.52. The lowest BCUT2D eigenvalue weighted by Crippen LogP contribution is -2.48. The van der Waals surface area contributed by atoms with Crippen LogP contribution in [-0.2, 0) is 17.8 Å². The third-order valence-corrected chi connectivity index (χ3v) is 10.4. The Kier molecular flexibility index (Phi) is 11.9. The number of carbonyl (C=O) groups is 2. The zero-order valence-corrected chi connectivity index (χ0v) is 30.9. The van der Waals surface area contributed by atoms with Crippen molar-refractivity contribution >= 4 is 44.3 Å². The molecule has 6 rings (SSSR count). The quantitative estimate of drug-likeness (QED) is 0.168. The third-order valence-electron chi connectivity index (χ3n) is 9.07. The van der Waals surface area contributed by atoms with Gasteiger partial charge in [-0.3, -0.25) is 14.6 Å². The van der Waals surface area contributed by atoms with Gasteiger partial charge < -0.3 is 29.2 Å². The van der Waals surface area contributed by atoms with Gasteiger partial charge in [0.15, 0.2) is 16.6 Å². The van der Waals surface area contributed by atoms with E-state index in [1.165, 1.54) is 5.56 Å². The van der Waals surface area contributed by atoms with Crippen molar-refractivity contribution in [3.63, 3.8) is 0 Å². The van der Waals surface area contributed by atoms with Crippen molar-refractivity contribution in [1.29, 1.82) is 0 Å². The van der Waals surface area contributed by atoms with E-state index in [9.17, 15) is 9.59 Å². The van der Waals surface area contributed by atoms with Gasteiger partial charge in [0.05, 0.1) is 32.6 Å². The number of piperazine rings is 1. The van der Waals surface area contributed by atoms with Crippen LogP contribution in [0.4, 0.5) is 5.13 Å². The number of ether oxygens (including phenoxy) is 4. The maximum atomic E-state index is 13.4. The van der Waals surface area contributed by atoms with Gasteiger partial charge in [0, 0.05) is 80.2 Å². The molecule has 1 aromatic heterocycles. The standard InChI is InChI=1S/C37H42BrN5O6S/c1-46-32-17-27(18-33(47-2)34(32)48-3)35(44)42-15-13-41(14-16-42)22-29-24-50-37(40-29)39-20-30-19-31(49-36(45)26-7-5-4-6-8-26)23-43(30)21-25-9-11-28(38)12-10-25/h4-12,17-18,24,30-31H,13-16,19-23H2,1-3H3,(H,39,40)/t30-,31?/m0/s1. The summed E-state index contributed by atoms with van der Waals surface area (Å²) in [6, 6.07) is 21.1. The molecule has 2 aliphatic rings. The Morgan fingerprint density at radius 1 is 0.900 bits per heavy atom. The first-order chi connectivity index (χ1) is 24.3. The number of nitrogens with one attached hydrogen (secondary N) is 1. The first kappa shape index (κ1) is 35.6. The number of carbonyl (C=O) groups excluding carboxylic acids is 2. The number of aromatic nitrogens is 1. The highest BCUT2D eigenvalue weighted by Crippen LogP contribution is 2.38. The minimum Gasteiger partial charge on any atom is -0.493 e. The number of hydrogen-bond acceptors (Lipinski definition) is 11. The second-order valence-electron chi connectivity index (χ2n) is 12.3. The highest BCUT2D eigenvalue weighted by atomic mass is 79.9. The fourth-order valence-corrected chi connectivity index (χ4v) is 7.41. The van der Waals surface area contributed by atoms with Gasteiger partial charge in [-0.2, -0.15) is 0 Å². The number of benzene rings is 3. The molecule has 13 heteroatoms. The highest BCUT2D eigenvalue weighted by Gasteiger charge is 2.35. The average Bonchev–Trinajstić information content (AvgIpc) is 3.76. The third kappa shape index (κ3) is 8.76. The Balaban J connectivity index is 1.02. The Hall–Kier alpha value is -4.17. The lowest BCUT2D eigenvalue weighted by atomic mass is 10.1. The second kappa shape index (κ2) is 16.7. The van der Waals surface area contributed by atoms with E-state index in [1.54, 1.807) is 56.9 Å². The van der Waals surface area contributed by atoms with Crippen LogP contribution in [0.2, 0.25) is 0 Å². The second-order valence-corrected chi connectivity index (χ2v) is 14.1. The first-order valence-corrected chi connectivity index (χ1v) is 18.2. The van der Waals surface area contributed by atoms with E-state index in [0.717, 1.165) is 41.4 Å². The van der Waals surface area contributed by atoms with E-state index < -0.39 is 0 Å². The molecule has 0 aliphatic carbocycles. The predicted octanol–water partition coefficient (Wildman–Crippen LogP) is 5.80.